The Hall–Kier alpha value is -2.62. The second-order valence-corrected chi connectivity index (χ2v) is 6.32. The predicted molar refractivity (Wildman–Crippen MR) is 84.6 cm³/mol. The summed E-state index contributed by atoms with van der Waals surface area (Å²) in [5.74, 6) is 0.883. The number of likely N-dealkylation sites (tertiary alicyclic amines) is 1. The lowest BCUT2D eigenvalue weighted by Crippen LogP contribution is -2.49. The van der Waals surface area contributed by atoms with Crippen LogP contribution in [0.2, 0.25) is 0 Å². The van der Waals surface area contributed by atoms with Crippen LogP contribution in [-0.2, 0) is 4.79 Å². The van der Waals surface area contributed by atoms with E-state index in [4.69, 9.17) is 5.26 Å². The van der Waals surface area contributed by atoms with Crippen molar-refractivity contribution in [1.82, 2.24) is 19.9 Å². The molecule has 118 valence electrons. The maximum absolute atomic E-state index is 12.3. The maximum Gasteiger partial charge on any atom is 0.237 e. The molecular weight excluding hydrogens is 292 g/mol. The van der Waals surface area contributed by atoms with Crippen molar-refractivity contribution in [3.63, 3.8) is 0 Å². The zero-order chi connectivity index (χ0) is 15.9. The number of aromatic nitrogens is 3. The summed E-state index contributed by atoms with van der Waals surface area (Å²) in [5.41, 5.74) is 0.696. The molecule has 2 aromatic heterocycles. The molecule has 2 saturated heterocycles. The molecule has 2 fully saturated rings. The molecule has 2 aliphatic rings. The molecule has 7 nitrogen and oxygen atoms in total. The van der Waals surface area contributed by atoms with Gasteiger partial charge in [0.2, 0.25) is 5.91 Å². The summed E-state index contributed by atoms with van der Waals surface area (Å²) in [4.78, 5) is 28.3. The van der Waals surface area contributed by atoms with Gasteiger partial charge in [-0.2, -0.15) is 5.26 Å². The van der Waals surface area contributed by atoms with Crippen LogP contribution in [0, 0.1) is 11.3 Å². The standard InChI is InChI=1S/C16H18N6O/c17-6-2-13(23)22-8-1-4-16(22)5-9-21(10-16)15-12-3-7-18-14(12)19-11-20-15/h3,7,11H,1-2,4-5,8-10H2,(H,18,19,20). The molecule has 4 heterocycles. The van der Waals surface area contributed by atoms with Gasteiger partial charge in [0.25, 0.3) is 0 Å². The number of rotatable bonds is 2. The molecule has 4 rings (SSSR count). The summed E-state index contributed by atoms with van der Waals surface area (Å²) in [7, 11) is 0. The fourth-order valence-corrected chi connectivity index (χ4v) is 4.06. The highest BCUT2D eigenvalue weighted by molar-refractivity contribution is 5.87. The molecule has 2 aromatic rings. The van der Waals surface area contributed by atoms with Crippen LogP contribution in [0.5, 0.6) is 0 Å². The van der Waals surface area contributed by atoms with Crippen molar-refractivity contribution in [1.29, 1.82) is 5.26 Å². The molecule has 1 spiro atoms. The number of nitrogens with zero attached hydrogens (tertiary/aromatic N) is 5. The first-order valence-corrected chi connectivity index (χ1v) is 7.94. The van der Waals surface area contributed by atoms with Crippen LogP contribution in [0.1, 0.15) is 25.7 Å². The lowest BCUT2D eigenvalue weighted by atomic mass is 9.95. The zero-order valence-electron chi connectivity index (χ0n) is 12.8. The summed E-state index contributed by atoms with van der Waals surface area (Å²) in [6.07, 6.45) is 6.35. The van der Waals surface area contributed by atoms with E-state index in [2.05, 4.69) is 19.9 Å². The van der Waals surface area contributed by atoms with Gasteiger partial charge in [-0.25, -0.2) is 9.97 Å². The third kappa shape index (κ3) is 2.13. The second kappa shape index (κ2) is 5.23. The zero-order valence-corrected chi connectivity index (χ0v) is 12.8. The van der Waals surface area contributed by atoms with Gasteiger partial charge in [-0.1, -0.05) is 0 Å². The second-order valence-electron chi connectivity index (χ2n) is 6.32. The van der Waals surface area contributed by atoms with Crippen LogP contribution in [0.3, 0.4) is 0 Å². The lowest BCUT2D eigenvalue weighted by molar-refractivity contribution is -0.133. The third-order valence-corrected chi connectivity index (χ3v) is 5.09. The van der Waals surface area contributed by atoms with Crippen molar-refractivity contribution in [3.05, 3.63) is 18.6 Å². The van der Waals surface area contributed by atoms with Gasteiger partial charge in [0.15, 0.2) is 0 Å². The Balaban J connectivity index is 1.62. The van der Waals surface area contributed by atoms with E-state index in [-0.39, 0.29) is 17.9 Å². The quantitative estimate of drug-likeness (QED) is 0.906. The van der Waals surface area contributed by atoms with E-state index in [0.29, 0.717) is 0 Å². The smallest absolute Gasteiger partial charge is 0.237 e. The minimum atomic E-state index is -0.137. The molecule has 0 aromatic carbocycles. The highest BCUT2D eigenvalue weighted by atomic mass is 16.2. The van der Waals surface area contributed by atoms with Crippen molar-refractivity contribution < 1.29 is 4.79 Å². The van der Waals surface area contributed by atoms with E-state index in [1.54, 1.807) is 6.33 Å². The molecule has 1 N–H and O–H groups in total. The van der Waals surface area contributed by atoms with Crippen LogP contribution in [0.15, 0.2) is 18.6 Å². The average molecular weight is 310 g/mol. The largest absolute Gasteiger partial charge is 0.354 e. The minimum Gasteiger partial charge on any atom is -0.354 e. The molecular formula is C16H18N6O. The number of H-pyrrole nitrogens is 1. The summed E-state index contributed by atoms with van der Waals surface area (Å²) in [6.45, 7) is 2.41. The molecule has 0 aliphatic carbocycles. The summed E-state index contributed by atoms with van der Waals surface area (Å²) >= 11 is 0. The van der Waals surface area contributed by atoms with Crippen LogP contribution in [0.4, 0.5) is 5.82 Å². The predicted octanol–water partition coefficient (Wildman–Crippen LogP) is 1.44. The molecule has 2 aliphatic heterocycles. The van der Waals surface area contributed by atoms with Gasteiger partial charge >= 0.3 is 0 Å². The van der Waals surface area contributed by atoms with Crippen molar-refractivity contribution in [2.75, 3.05) is 24.5 Å². The first kappa shape index (κ1) is 14.0. The summed E-state index contributed by atoms with van der Waals surface area (Å²) in [5, 5.41) is 9.84. The van der Waals surface area contributed by atoms with Gasteiger partial charge in [0.05, 0.1) is 17.0 Å². The Morgan fingerprint density at radius 2 is 2.30 bits per heavy atom. The van der Waals surface area contributed by atoms with E-state index in [0.717, 1.165) is 55.7 Å². The Morgan fingerprint density at radius 3 is 3.17 bits per heavy atom. The number of nitrogens with one attached hydrogen (secondary N) is 1. The monoisotopic (exact) mass is 310 g/mol. The molecule has 0 bridgehead atoms. The Bertz CT molecular complexity index is 793. The number of hydrogen-bond acceptors (Lipinski definition) is 5. The Morgan fingerprint density at radius 1 is 1.39 bits per heavy atom. The maximum atomic E-state index is 12.3. The van der Waals surface area contributed by atoms with E-state index in [9.17, 15) is 4.79 Å². The van der Waals surface area contributed by atoms with Crippen molar-refractivity contribution in [2.45, 2.75) is 31.2 Å². The first-order chi connectivity index (χ1) is 11.2. The van der Waals surface area contributed by atoms with E-state index >= 15 is 0 Å². The molecule has 0 saturated carbocycles. The van der Waals surface area contributed by atoms with Gasteiger partial charge in [-0.3, -0.25) is 4.79 Å². The van der Waals surface area contributed by atoms with Crippen LogP contribution in [-0.4, -0.2) is 50.9 Å². The fourth-order valence-electron chi connectivity index (χ4n) is 4.06. The molecule has 0 radical (unpaired) electrons. The lowest BCUT2D eigenvalue weighted by Gasteiger charge is -2.35. The van der Waals surface area contributed by atoms with E-state index < -0.39 is 0 Å². The van der Waals surface area contributed by atoms with Gasteiger partial charge < -0.3 is 14.8 Å². The normalized spacial score (nSPS) is 23.8. The third-order valence-electron chi connectivity index (χ3n) is 5.09. The topological polar surface area (TPSA) is 88.9 Å². The highest BCUT2D eigenvalue weighted by Crippen LogP contribution is 2.40. The molecule has 23 heavy (non-hydrogen) atoms. The summed E-state index contributed by atoms with van der Waals surface area (Å²) < 4.78 is 0. The van der Waals surface area contributed by atoms with Crippen molar-refractivity contribution in [3.8, 4) is 6.07 Å². The number of amides is 1. The molecule has 1 unspecified atom stereocenters. The number of fused-ring (bicyclic) bond motifs is 1. The van der Waals surface area contributed by atoms with Crippen molar-refractivity contribution >= 4 is 22.8 Å². The van der Waals surface area contributed by atoms with Crippen LogP contribution < -0.4 is 4.90 Å². The SMILES string of the molecule is N#CCC(=O)N1CCCC12CCN(c1ncnc3[nH]ccc13)C2. The van der Waals surface area contributed by atoms with Gasteiger partial charge in [0, 0.05) is 25.8 Å². The molecule has 7 heteroatoms. The van der Waals surface area contributed by atoms with Gasteiger partial charge in [0.1, 0.15) is 24.2 Å². The number of anilines is 1. The number of hydrogen-bond donors (Lipinski definition) is 1. The van der Waals surface area contributed by atoms with E-state index in [1.807, 2.05) is 23.2 Å². The van der Waals surface area contributed by atoms with Gasteiger partial charge in [-0.15, -0.1) is 0 Å². The summed E-state index contributed by atoms with van der Waals surface area (Å²) in [6, 6.07) is 3.97. The van der Waals surface area contributed by atoms with Crippen molar-refractivity contribution in [2.24, 2.45) is 0 Å². The Kier molecular flexibility index (Phi) is 3.18. The number of carbonyl (C=O) groups excluding carboxylic acids is 1. The van der Waals surface area contributed by atoms with Crippen LogP contribution >= 0.6 is 0 Å². The number of aromatic amines is 1. The van der Waals surface area contributed by atoms with E-state index in [1.165, 1.54) is 0 Å². The van der Waals surface area contributed by atoms with Crippen LogP contribution in [0.25, 0.3) is 11.0 Å². The molecule has 1 amide bonds. The number of nitriles is 1. The fraction of sp³-hybridized carbons (Fsp3) is 0.500. The number of carbonyl (C=O) groups is 1. The molecule has 1 atom stereocenters. The van der Waals surface area contributed by atoms with Gasteiger partial charge in [-0.05, 0) is 25.3 Å². The highest BCUT2D eigenvalue weighted by Gasteiger charge is 2.48. The average Bonchev–Trinajstić information content (AvgIpc) is 3.27. The first-order valence-electron chi connectivity index (χ1n) is 7.94. The minimum absolute atomic E-state index is 0.0304. The Labute approximate surface area is 133 Å².